The molecule has 6 heterocycles. The highest BCUT2D eigenvalue weighted by Crippen LogP contribution is 2.39. The number of nitrogens with zero attached hydrogens (tertiary/aromatic N) is 3. The average Bonchev–Trinajstić information content (AvgIpc) is 2.85. The van der Waals surface area contributed by atoms with Gasteiger partial charge in [-0.25, -0.2) is 0 Å². The van der Waals surface area contributed by atoms with E-state index in [1.165, 1.54) is 116 Å². The van der Waals surface area contributed by atoms with Gasteiger partial charge in [0.1, 0.15) is 0 Å². The molecule has 6 aliphatic heterocycles. The number of hydrogen-bond donors (Lipinski definition) is 0. The van der Waals surface area contributed by atoms with Crippen LogP contribution in [-0.4, -0.2) is 71.6 Å². The molecule has 3 nitrogen and oxygen atoms in total. The van der Waals surface area contributed by atoms with Gasteiger partial charge in [0.15, 0.2) is 0 Å². The molecule has 3 heteroatoms. The van der Waals surface area contributed by atoms with E-state index < -0.39 is 0 Å². The van der Waals surface area contributed by atoms with Crippen LogP contribution in [-0.2, 0) is 0 Å². The van der Waals surface area contributed by atoms with Gasteiger partial charge in [-0.1, -0.05) is 37.1 Å². The Bertz CT molecular complexity index is 728. The number of fused-ring (bicyclic) bond motifs is 3. The Hall–Kier alpha value is -0.640. The minimum atomic E-state index is 0.728. The Morgan fingerprint density at radius 1 is 0.909 bits per heavy atom. The molecule has 6 aliphatic rings. The summed E-state index contributed by atoms with van der Waals surface area (Å²) in [6.07, 6.45) is 26.2. The van der Waals surface area contributed by atoms with Gasteiger partial charge in [0.05, 0.1) is 0 Å². The molecule has 33 heavy (non-hydrogen) atoms. The van der Waals surface area contributed by atoms with Gasteiger partial charge in [0.2, 0.25) is 0 Å². The van der Waals surface area contributed by atoms with Gasteiger partial charge in [0.25, 0.3) is 0 Å². The summed E-state index contributed by atoms with van der Waals surface area (Å²) in [4.78, 5) is 8.69. The van der Waals surface area contributed by atoms with E-state index in [1.54, 1.807) is 5.57 Å². The minimum absolute atomic E-state index is 0.728. The lowest BCUT2D eigenvalue weighted by molar-refractivity contribution is 0.000361. The van der Waals surface area contributed by atoms with E-state index in [0.29, 0.717) is 0 Å². The first kappa shape index (κ1) is 22.8. The molecule has 0 saturated carbocycles. The highest BCUT2D eigenvalue weighted by molar-refractivity contribution is 5.15. The maximum Gasteiger partial charge on any atom is 0.0309 e. The molecule has 7 atom stereocenters. The van der Waals surface area contributed by atoms with Crippen molar-refractivity contribution in [2.24, 2.45) is 17.8 Å². The van der Waals surface area contributed by atoms with Gasteiger partial charge >= 0.3 is 0 Å². The fourth-order valence-electron chi connectivity index (χ4n) is 8.91. The summed E-state index contributed by atoms with van der Waals surface area (Å²) >= 11 is 0. The summed E-state index contributed by atoms with van der Waals surface area (Å²) in [6.45, 7) is 9.21. The highest BCUT2D eigenvalue weighted by Gasteiger charge is 2.39. The molecule has 6 rings (SSSR count). The van der Waals surface area contributed by atoms with Crippen LogP contribution in [0.1, 0.15) is 90.4 Å². The highest BCUT2D eigenvalue weighted by atomic mass is 15.2. The zero-order valence-electron chi connectivity index (χ0n) is 21.3. The van der Waals surface area contributed by atoms with Crippen LogP contribution in [0.25, 0.3) is 0 Å². The standard InChI is InChI=1S/C30H49N3/c1-23-7-5-18-33-28(9-4-11-29(23)33)20-25-13-15-27-14-12-24(21-32(27)22-25)19-26-8-6-17-31-16-3-2-10-30(26)31/h2,10,12,23,25-30H,3-9,11,13-22H2,1H3. The Kier molecular flexibility index (Phi) is 7.01. The molecule has 0 N–H and O–H groups in total. The molecule has 4 saturated heterocycles. The maximum atomic E-state index is 2.98. The summed E-state index contributed by atoms with van der Waals surface area (Å²) in [5, 5.41) is 0. The lowest BCUT2D eigenvalue weighted by atomic mass is 9.77. The SMILES string of the molecule is CC1CCCN2C(CC3CCC4CC=C(CC5CCCN6CCC=CC56)CN4C3)CCCC12. The predicted octanol–water partition coefficient (Wildman–Crippen LogP) is 5.87. The van der Waals surface area contributed by atoms with E-state index in [4.69, 9.17) is 0 Å². The van der Waals surface area contributed by atoms with Crippen LogP contribution in [0.3, 0.4) is 0 Å². The lowest BCUT2D eigenvalue weighted by Gasteiger charge is -2.50. The number of hydrogen-bond acceptors (Lipinski definition) is 3. The van der Waals surface area contributed by atoms with Crippen molar-refractivity contribution in [2.45, 2.75) is 115 Å². The van der Waals surface area contributed by atoms with Crippen LogP contribution in [0.2, 0.25) is 0 Å². The van der Waals surface area contributed by atoms with Crippen LogP contribution in [0.4, 0.5) is 0 Å². The molecular formula is C30H49N3. The van der Waals surface area contributed by atoms with Crippen LogP contribution in [0.15, 0.2) is 23.8 Å². The number of piperidine rings is 4. The minimum Gasteiger partial charge on any atom is -0.297 e. The Balaban J connectivity index is 1.05. The predicted molar refractivity (Wildman–Crippen MR) is 138 cm³/mol. The van der Waals surface area contributed by atoms with Crippen LogP contribution in [0, 0.1) is 17.8 Å². The van der Waals surface area contributed by atoms with Gasteiger partial charge in [0, 0.05) is 43.8 Å². The summed E-state index contributed by atoms with van der Waals surface area (Å²) in [7, 11) is 0. The molecule has 0 aromatic rings. The molecule has 184 valence electrons. The van der Waals surface area contributed by atoms with Crippen LogP contribution < -0.4 is 0 Å². The summed E-state index contributed by atoms with van der Waals surface area (Å²) in [5.74, 6) is 2.73. The zero-order chi connectivity index (χ0) is 22.2. The third-order valence-electron chi connectivity index (χ3n) is 10.6. The van der Waals surface area contributed by atoms with Gasteiger partial charge < -0.3 is 0 Å². The smallest absolute Gasteiger partial charge is 0.0309 e. The lowest BCUT2D eigenvalue weighted by Crippen LogP contribution is -2.54. The van der Waals surface area contributed by atoms with E-state index in [2.05, 4.69) is 39.9 Å². The average molecular weight is 452 g/mol. The van der Waals surface area contributed by atoms with E-state index in [0.717, 1.165) is 41.9 Å². The van der Waals surface area contributed by atoms with Crippen LogP contribution in [0.5, 0.6) is 0 Å². The summed E-state index contributed by atoms with van der Waals surface area (Å²) < 4.78 is 0. The van der Waals surface area contributed by atoms with Crippen molar-refractivity contribution in [3.8, 4) is 0 Å². The molecule has 0 aromatic carbocycles. The molecule has 0 bridgehead atoms. The Morgan fingerprint density at radius 2 is 1.85 bits per heavy atom. The second kappa shape index (κ2) is 10.2. The van der Waals surface area contributed by atoms with Gasteiger partial charge in [-0.3, -0.25) is 14.7 Å². The fourth-order valence-corrected chi connectivity index (χ4v) is 8.91. The molecule has 7 unspecified atom stereocenters. The topological polar surface area (TPSA) is 9.72 Å². The molecule has 0 radical (unpaired) electrons. The zero-order valence-corrected chi connectivity index (χ0v) is 21.3. The molecular weight excluding hydrogens is 402 g/mol. The molecule has 0 aromatic heterocycles. The van der Waals surface area contributed by atoms with Gasteiger partial charge in [-0.15, -0.1) is 0 Å². The quantitative estimate of drug-likeness (QED) is 0.495. The van der Waals surface area contributed by atoms with Crippen molar-refractivity contribution in [1.29, 1.82) is 0 Å². The van der Waals surface area contributed by atoms with Crippen molar-refractivity contribution in [1.82, 2.24) is 14.7 Å². The summed E-state index contributed by atoms with van der Waals surface area (Å²) in [6, 6.07) is 3.37. The molecule has 0 amide bonds. The van der Waals surface area contributed by atoms with E-state index >= 15 is 0 Å². The third-order valence-corrected chi connectivity index (χ3v) is 10.6. The first-order valence-corrected chi connectivity index (χ1v) is 14.8. The monoisotopic (exact) mass is 451 g/mol. The van der Waals surface area contributed by atoms with Crippen molar-refractivity contribution in [3.63, 3.8) is 0 Å². The van der Waals surface area contributed by atoms with E-state index in [9.17, 15) is 0 Å². The third kappa shape index (κ3) is 4.89. The largest absolute Gasteiger partial charge is 0.297 e. The maximum absolute atomic E-state index is 2.98. The Labute approximate surface area is 203 Å². The normalized spacial score (nSPS) is 42.8. The van der Waals surface area contributed by atoms with Gasteiger partial charge in [-0.05, 0) is 108 Å². The second-order valence-electron chi connectivity index (χ2n) is 12.7. The first-order chi connectivity index (χ1) is 16.2. The molecule has 4 fully saturated rings. The van der Waals surface area contributed by atoms with E-state index in [-0.39, 0.29) is 0 Å². The fraction of sp³-hybridized carbons (Fsp3) is 0.867. The van der Waals surface area contributed by atoms with Gasteiger partial charge in [-0.2, -0.15) is 0 Å². The Morgan fingerprint density at radius 3 is 2.82 bits per heavy atom. The van der Waals surface area contributed by atoms with E-state index in [1.807, 2.05) is 0 Å². The van der Waals surface area contributed by atoms with Crippen molar-refractivity contribution >= 4 is 0 Å². The molecule has 0 aliphatic carbocycles. The molecule has 0 spiro atoms. The second-order valence-corrected chi connectivity index (χ2v) is 12.7. The number of rotatable bonds is 4. The van der Waals surface area contributed by atoms with Crippen molar-refractivity contribution < 1.29 is 0 Å². The van der Waals surface area contributed by atoms with Crippen molar-refractivity contribution in [2.75, 3.05) is 32.7 Å². The first-order valence-electron chi connectivity index (χ1n) is 14.8. The van der Waals surface area contributed by atoms with Crippen molar-refractivity contribution in [3.05, 3.63) is 23.8 Å². The summed E-state index contributed by atoms with van der Waals surface area (Å²) in [5.41, 5.74) is 1.78. The van der Waals surface area contributed by atoms with Crippen LogP contribution >= 0.6 is 0 Å².